The minimum atomic E-state index is -4.55. The summed E-state index contributed by atoms with van der Waals surface area (Å²) in [5.74, 6) is -0.544. The van der Waals surface area contributed by atoms with Gasteiger partial charge in [-0.25, -0.2) is 19.9 Å². The van der Waals surface area contributed by atoms with Gasteiger partial charge in [0.2, 0.25) is 5.82 Å². The SMILES string of the molecule is Cc1ccc2ncnc(N[C@H](C)c3cnc(C(F)(F)F)nc3)c2c1. The molecule has 1 aromatic carbocycles. The van der Waals surface area contributed by atoms with Gasteiger partial charge >= 0.3 is 6.18 Å². The quantitative estimate of drug-likeness (QED) is 0.787. The molecule has 2 aromatic heterocycles. The van der Waals surface area contributed by atoms with Gasteiger partial charge in [-0.1, -0.05) is 11.6 Å². The first-order valence-electron chi connectivity index (χ1n) is 7.21. The van der Waals surface area contributed by atoms with Gasteiger partial charge in [-0.2, -0.15) is 13.2 Å². The molecule has 124 valence electrons. The van der Waals surface area contributed by atoms with E-state index < -0.39 is 12.0 Å². The maximum Gasteiger partial charge on any atom is 0.451 e. The van der Waals surface area contributed by atoms with Crippen molar-refractivity contribution in [3.8, 4) is 0 Å². The molecule has 0 saturated carbocycles. The van der Waals surface area contributed by atoms with E-state index in [9.17, 15) is 13.2 Å². The molecule has 0 aliphatic carbocycles. The number of alkyl halides is 3. The molecule has 0 bridgehead atoms. The molecule has 1 N–H and O–H groups in total. The number of hydrogen-bond donors (Lipinski definition) is 1. The molecule has 3 aromatic rings. The largest absolute Gasteiger partial charge is 0.451 e. The highest BCUT2D eigenvalue weighted by Crippen LogP contribution is 2.27. The van der Waals surface area contributed by atoms with Crippen LogP contribution in [0.4, 0.5) is 19.0 Å². The second-order valence-corrected chi connectivity index (χ2v) is 5.45. The highest BCUT2D eigenvalue weighted by molar-refractivity contribution is 5.89. The van der Waals surface area contributed by atoms with Crippen molar-refractivity contribution in [1.29, 1.82) is 0 Å². The van der Waals surface area contributed by atoms with E-state index in [1.807, 2.05) is 25.1 Å². The summed E-state index contributed by atoms with van der Waals surface area (Å²) in [4.78, 5) is 15.2. The van der Waals surface area contributed by atoms with Crippen molar-refractivity contribution in [3.63, 3.8) is 0 Å². The molecule has 0 aliphatic heterocycles. The number of benzene rings is 1. The fraction of sp³-hybridized carbons (Fsp3) is 0.250. The van der Waals surface area contributed by atoms with E-state index >= 15 is 0 Å². The monoisotopic (exact) mass is 333 g/mol. The molecular weight excluding hydrogens is 319 g/mol. The van der Waals surface area contributed by atoms with Crippen molar-refractivity contribution in [2.45, 2.75) is 26.1 Å². The third kappa shape index (κ3) is 3.27. The van der Waals surface area contributed by atoms with Crippen LogP contribution < -0.4 is 5.32 Å². The number of nitrogens with one attached hydrogen (secondary N) is 1. The Hall–Kier alpha value is -2.77. The van der Waals surface area contributed by atoms with Crippen molar-refractivity contribution in [2.24, 2.45) is 0 Å². The van der Waals surface area contributed by atoms with Crippen LogP contribution in [0.2, 0.25) is 0 Å². The molecule has 0 spiro atoms. The zero-order chi connectivity index (χ0) is 17.3. The molecule has 0 unspecified atom stereocenters. The number of rotatable bonds is 3. The van der Waals surface area contributed by atoms with Gasteiger partial charge < -0.3 is 5.32 Å². The Morgan fingerprint density at radius 1 is 1.04 bits per heavy atom. The van der Waals surface area contributed by atoms with Crippen molar-refractivity contribution >= 4 is 16.7 Å². The first-order chi connectivity index (χ1) is 11.3. The van der Waals surface area contributed by atoms with E-state index in [0.717, 1.165) is 16.5 Å². The second-order valence-electron chi connectivity index (χ2n) is 5.45. The molecule has 3 rings (SSSR count). The van der Waals surface area contributed by atoms with Crippen LogP contribution >= 0.6 is 0 Å². The van der Waals surface area contributed by atoms with Crippen LogP contribution in [0.5, 0.6) is 0 Å². The Bertz CT molecular complexity index is 862. The number of hydrogen-bond acceptors (Lipinski definition) is 5. The lowest BCUT2D eigenvalue weighted by Crippen LogP contribution is -2.14. The lowest BCUT2D eigenvalue weighted by Gasteiger charge is -2.16. The van der Waals surface area contributed by atoms with Gasteiger partial charge in [0.15, 0.2) is 0 Å². The average Bonchev–Trinajstić information content (AvgIpc) is 2.54. The van der Waals surface area contributed by atoms with Crippen LogP contribution in [0, 0.1) is 6.92 Å². The molecule has 5 nitrogen and oxygen atoms in total. The van der Waals surface area contributed by atoms with Gasteiger partial charge in [-0.15, -0.1) is 0 Å². The topological polar surface area (TPSA) is 63.6 Å². The number of fused-ring (bicyclic) bond motifs is 1. The standard InChI is InChI=1S/C16H14F3N5/c1-9-3-4-13-12(5-9)14(23-8-22-13)24-10(2)11-6-20-15(21-7-11)16(17,18)19/h3-8,10H,1-2H3,(H,22,23,24)/t10-/m1/s1. The fourth-order valence-corrected chi connectivity index (χ4v) is 2.28. The molecule has 0 radical (unpaired) electrons. The molecule has 8 heteroatoms. The Morgan fingerprint density at radius 2 is 1.75 bits per heavy atom. The summed E-state index contributed by atoms with van der Waals surface area (Å²) in [6, 6.07) is 5.48. The van der Waals surface area contributed by atoms with Gasteiger partial charge in [-0.05, 0) is 26.0 Å². The van der Waals surface area contributed by atoms with E-state index in [-0.39, 0.29) is 6.04 Å². The molecule has 0 amide bonds. The molecule has 1 atom stereocenters. The summed E-state index contributed by atoms with van der Waals surface area (Å²) in [5, 5.41) is 4.02. The summed E-state index contributed by atoms with van der Waals surface area (Å²) in [5.41, 5.74) is 2.38. The Labute approximate surface area is 136 Å². The normalized spacial score (nSPS) is 13.0. The molecule has 0 aliphatic rings. The van der Waals surface area contributed by atoms with E-state index in [1.165, 1.54) is 18.7 Å². The lowest BCUT2D eigenvalue weighted by molar-refractivity contribution is -0.145. The van der Waals surface area contributed by atoms with Crippen LogP contribution in [0.1, 0.15) is 29.9 Å². The van der Waals surface area contributed by atoms with Crippen molar-refractivity contribution in [3.05, 3.63) is 53.9 Å². The lowest BCUT2D eigenvalue weighted by atomic mass is 10.1. The minimum absolute atomic E-state index is 0.314. The first-order valence-corrected chi connectivity index (χ1v) is 7.21. The van der Waals surface area contributed by atoms with Crippen LogP contribution in [0.3, 0.4) is 0 Å². The summed E-state index contributed by atoms with van der Waals surface area (Å²) in [7, 11) is 0. The predicted octanol–water partition coefficient (Wildman–Crippen LogP) is 3.92. The summed E-state index contributed by atoms with van der Waals surface area (Å²) < 4.78 is 37.6. The minimum Gasteiger partial charge on any atom is -0.363 e. The van der Waals surface area contributed by atoms with Crippen molar-refractivity contribution in [1.82, 2.24) is 19.9 Å². The van der Waals surface area contributed by atoms with E-state index in [4.69, 9.17) is 0 Å². The highest BCUT2D eigenvalue weighted by atomic mass is 19.4. The second kappa shape index (κ2) is 6.03. The number of nitrogens with zero attached hydrogens (tertiary/aromatic N) is 4. The predicted molar refractivity (Wildman–Crippen MR) is 83.3 cm³/mol. The van der Waals surface area contributed by atoms with Crippen LogP contribution in [0.25, 0.3) is 10.9 Å². The fourth-order valence-electron chi connectivity index (χ4n) is 2.28. The zero-order valence-corrected chi connectivity index (χ0v) is 13.0. The third-order valence-corrected chi connectivity index (χ3v) is 3.57. The zero-order valence-electron chi connectivity index (χ0n) is 13.0. The maximum atomic E-state index is 12.5. The number of halogens is 3. The van der Waals surface area contributed by atoms with E-state index in [2.05, 4.69) is 25.3 Å². The van der Waals surface area contributed by atoms with Crippen LogP contribution in [0.15, 0.2) is 36.9 Å². The highest BCUT2D eigenvalue weighted by Gasteiger charge is 2.34. The van der Waals surface area contributed by atoms with Crippen LogP contribution in [-0.2, 0) is 6.18 Å². The summed E-state index contributed by atoms with van der Waals surface area (Å²) in [6.45, 7) is 3.76. The molecule has 2 heterocycles. The van der Waals surface area contributed by atoms with Crippen molar-refractivity contribution < 1.29 is 13.2 Å². The Kier molecular flexibility index (Phi) is 4.04. The smallest absolute Gasteiger partial charge is 0.363 e. The Morgan fingerprint density at radius 3 is 2.42 bits per heavy atom. The maximum absolute atomic E-state index is 12.5. The molecular formula is C16H14F3N5. The molecule has 24 heavy (non-hydrogen) atoms. The third-order valence-electron chi connectivity index (χ3n) is 3.57. The van der Waals surface area contributed by atoms with Gasteiger partial charge in [-0.3, -0.25) is 0 Å². The number of aromatic nitrogens is 4. The summed E-state index contributed by atoms with van der Waals surface area (Å²) in [6.07, 6.45) is -0.768. The van der Waals surface area contributed by atoms with Gasteiger partial charge in [0, 0.05) is 23.3 Å². The van der Waals surface area contributed by atoms with Gasteiger partial charge in [0.05, 0.1) is 11.6 Å². The van der Waals surface area contributed by atoms with E-state index in [1.54, 1.807) is 6.92 Å². The molecule has 0 fully saturated rings. The van der Waals surface area contributed by atoms with Crippen LogP contribution in [-0.4, -0.2) is 19.9 Å². The van der Waals surface area contributed by atoms with Crippen molar-refractivity contribution in [2.75, 3.05) is 5.32 Å². The first kappa shape index (κ1) is 16.1. The Balaban J connectivity index is 1.87. The number of aryl methyl sites for hydroxylation is 1. The summed E-state index contributed by atoms with van der Waals surface area (Å²) >= 11 is 0. The van der Waals surface area contributed by atoms with Gasteiger partial charge in [0.25, 0.3) is 0 Å². The van der Waals surface area contributed by atoms with E-state index in [0.29, 0.717) is 11.4 Å². The van der Waals surface area contributed by atoms with Gasteiger partial charge in [0.1, 0.15) is 12.1 Å². The number of anilines is 1. The molecule has 0 saturated heterocycles. The average molecular weight is 333 g/mol.